The predicted molar refractivity (Wildman–Crippen MR) is 59.7 cm³/mol. The molecule has 0 N–H and O–H groups in total. The first-order chi connectivity index (χ1) is 8.45. The number of carbonyl (C=O) groups excluding carboxylic acids is 4. The van der Waals surface area contributed by atoms with Crippen LogP contribution in [0, 0.1) is 0 Å². The Bertz CT molecular complexity index is 364. The molecule has 1 saturated heterocycles. The largest absolute Gasteiger partial charge is 0.346 e. The van der Waals surface area contributed by atoms with Crippen LogP contribution in [-0.2, 0) is 24.0 Å². The number of imide groups is 1. The minimum absolute atomic E-state index is 0.000601. The van der Waals surface area contributed by atoms with Gasteiger partial charge in [-0.25, -0.2) is 4.79 Å². The van der Waals surface area contributed by atoms with Crippen LogP contribution in [0.3, 0.4) is 0 Å². The van der Waals surface area contributed by atoms with Gasteiger partial charge < -0.3 is 9.74 Å². The van der Waals surface area contributed by atoms with Gasteiger partial charge in [-0.3, -0.25) is 14.4 Å². The molecule has 0 bridgehead atoms. The highest BCUT2D eigenvalue weighted by Gasteiger charge is 2.32. The lowest BCUT2D eigenvalue weighted by Gasteiger charge is -2.15. The van der Waals surface area contributed by atoms with Crippen molar-refractivity contribution in [2.24, 2.45) is 0 Å². The summed E-state index contributed by atoms with van der Waals surface area (Å²) in [5, 5.41) is 0.482. The monoisotopic (exact) mass is 256 g/mol. The van der Waals surface area contributed by atoms with Gasteiger partial charge in [0.1, 0.15) is 0 Å². The van der Waals surface area contributed by atoms with Crippen LogP contribution in [0.2, 0.25) is 0 Å². The van der Waals surface area contributed by atoms with Gasteiger partial charge in [0.05, 0.1) is 6.42 Å². The van der Waals surface area contributed by atoms with Crippen LogP contribution >= 0.6 is 0 Å². The van der Waals surface area contributed by atoms with Crippen LogP contribution in [-0.4, -0.2) is 47.2 Å². The molecule has 7 heteroatoms. The summed E-state index contributed by atoms with van der Waals surface area (Å²) in [6.45, 7) is 2.37. The second-order valence-corrected chi connectivity index (χ2v) is 3.95. The third-order valence-electron chi connectivity index (χ3n) is 2.64. The number of amides is 3. The maximum absolute atomic E-state index is 11.4. The van der Waals surface area contributed by atoms with E-state index in [1.54, 1.807) is 7.05 Å². The average Bonchev–Trinajstić information content (AvgIpc) is 2.66. The molecule has 1 heterocycles. The summed E-state index contributed by atoms with van der Waals surface area (Å²) < 4.78 is 0. The molecular weight excluding hydrogens is 240 g/mol. The highest BCUT2D eigenvalue weighted by molar-refractivity contribution is 6.01. The zero-order valence-electron chi connectivity index (χ0n) is 10.5. The van der Waals surface area contributed by atoms with Crippen molar-refractivity contribution in [3.8, 4) is 0 Å². The molecule has 0 aromatic heterocycles. The van der Waals surface area contributed by atoms with E-state index in [1.807, 2.05) is 6.92 Å². The number of nitrogens with zero attached hydrogens (tertiary/aromatic N) is 2. The summed E-state index contributed by atoms with van der Waals surface area (Å²) >= 11 is 0. The quantitative estimate of drug-likeness (QED) is 0.639. The van der Waals surface area contributed by atoms with Crippen molar-refractivity contribution in [1.29, 1.82) is 0 Å². The summed E-state index contributed by atoms with van der Waals surface area (Å²) in [6, 6.07) is 0. The molecule has 0 unspecified atom stereocenters. The molecule has 0 radical (unpaired) electrons. The SMILES string of the molecule is CCN(C)C(=O)CCC(=O)ON1C(=O)CCC1=O. The van der Waals surface area contributed by atoms with Gasteiger partial charge in [0.2, 0.25) is 5.91 Å². The molecule has 1 fully saturated rings. The number of carbonyl (C=O) groups is 4. The minimum atomic E-state index is -0.753. The third kappa shape index (κ3) is 3.54. The van der Waals surface area contributed by atoms with Crippen LogP contribution in [0.5, 0.6) is 0 Å². The van der Waals surface area contributed by atoms with Gasteiger partial charge in [-0.2, -0.15) is 0 Å². The smallest absolute Gasteiger partial charge is 0.333 e. The van der Waals surface area contributed by atoms with E-state index in [4.69, 9.17) is 0 Å². The van der Waals surface area contributed by atoms with Crippen molar-refractivity contribution in [2.75, 3.05) is 13.6 Å². The van der Waals surface area contributed by atoms with Gasteiger partial charge in [0.25, 0.3) is 11.8 Å². The van der Waals surface area contributed by atoms with Gasteiger partial charge in [-0.05, 0) is 6.92 Å². The van der Waals surface area contributed by atoms with Gasteiger partial charge >= 0.3 is 5.97 Å². The van der Waals surface area contributed by atoms with Crippen LogP contribution < -0.4 is 0 Å². The van der Waals surface area contributed by atoms with E-state index in [1.165, 1.54) is 4.90 Å². The molecule has 0 atom stereocenters. The number of hydrogen-bond donors (Lipinski definition) is 0. The highest BCUT2D eigenvalue weighted by Crippen LogP contribution is 2.13. The Kier molecular flexibility index (Phi) is 4.82. The maximum atomic E-state index is 11.4. The summed E-state index contributed by atoms with van der Waals surface area (Å²) in [5.41, 5.74) is 0. The predicted octanol–water partition coefficient (Wildman–Crippen LogP) is -0.148. The van der Waals surface area contributed by atoms with E-state index in [9.17, 15) is 19.2 Å². The zero-order valence-corrected chi connectivity index (χ0v) is 10.5. The highest BCUT2D eigenvalue weighted by atomic mass is 16.7. The molecule has 0 aliphatic carbocycles. The first kappa shape index (κ1) is 14.1. The van der Waals surface area contributed by atoms with E-state index >= 15 is 0 Å². The molecule has 1 aliphatic heterocycles. The lowest BCUT2D eigenvalue weighted by molar-refractivity contribution is -0.197. The average molecular weight is 256 g/mol. The fraction of sp³-hybridized carbons (Fsp3) is 0.636. The molecule has 1 aliphatic rings. The summed E-state index contributed by atoms with van der Waals surface area (Å²) in [7, 11) is 1.63. The first-order valence-corrected chi connectivity index (χ1v) is 5.76. The van der Waals surface area contributed by atoms with E-state index in [0.29, 0.717) is 11.6 Å². The number of rotatable bonds is 5. The van der Waals surface area contributed by atoms with Crippen molar-refractivity contribution in [3.05, 3.63) is 0 Å². The lowest BCUT2D eigenvalue weighted by atomic mass is 10.3. The molecular formula is C11H16N2O5. The fourth-order valence-corrected chi connectivity index (χ4v) is 1.38. The van der Waals surface area contributed by atoms with Crippen molar-refractivity contribution < 1.29 is 24.0 Å². The lowest BCUT2D eigenvalue weighted by Crippen LogP contribution is -2.33. The second kappa shape index (κ2) is 6.13. The number of hydroxylamine groups is 2. The van der Waals surface area contributed by atoms with E-state index in [2.05, 4.69) is 4.84 Å². The van der Waals surface area contributed by atoms with Crippen LogP contribution in [0.25, 0.3) is 0 Å². The van der Waals surface area contributed by atoms with Gasteiger partial charge in [-0.1, -0.05) is 0 Å². The van der Waals surface area contributed by atoms with Gasteiger partial charge in [0, 0.05) is 32.9 Å². The molecule has 0 aromatic rings. The van der Waals surface area contributed by atoms with Crippen LogP contribution in [0.4, 0.5) is 0 Å². The normalized spacial score (nSPS) is 14.9. The fourth-order valence-electron chi connectivity index (χ4n) is 1.38. The van der Waals surface area contributed by atoms with Crippen LogP contribution in [0.15, 0.2) is 0 Å². The van der Waals surface area contributed by atoms with Gasteiger partial charge in [-0.15, -0.1) is 5.06 Å². The van der Waals surface area contributed by atoms with Crippen LogP contribution in [0.1, 0.15) is 32.6 Å². The Balaban J connectivity index is 2.36. The topological polar surface area (TPSA) is 84.0 Å². The van der Waals surface area contributed by atoms with Crippen molar-refractivity contribution in [1.82, 2.24) is 9.96 Å². The van der Waals surface area contributed by atoms with E-state index in [0.717, 1.165) is 0 Å². The van der Waals surface area contributed by atoms with Crippen molar-refractivity contribution >= 4 is 23.7 Å². The Morgan fingerprint density at radius 3 is 2.28 bits per heavy atom. The third-order valence-corrected chi connectivity index (χ3v) is 2.64. The standard InChI is InChI=1S/C11H16N2O5/c1-3-12(2)8(14)6-7-11(17)18-13-9(15)4-5-10(13)16/h3-7H2,1-2H3. The van der Waals surface area contributed by atoms with Crippen molar-refractivity contribution in [2.45, 2.75) is 32.6 Å². The van der Waals surface area contributed by atoms with E-state index < -0.39 is 17.8 Å². The van der Waals surface area contributed by atoms with E-state index in [-0.39, 0.29) is 31.6 Å². The Morgan fingerprint density at radius 1 is 1.22 bits per heavy atom. The molecule has 0 saturated carbocycles. The van der Waals surface area contributed by atoms with Crippen molar-refractivity contribution in [3.63, 3.8) is 0 Å². The molecule has 100 valence electrons. The minimum Gasteiger partial charge on any atom is -0.346 e. The Morgan fingerprint density at radius 2 is 1.78 bits per heavy atom. The maximum Gasteiger partial charge on any atom is 0.333 e. The molecule has 7 nitrogen and oxygen atoms in total. The molecule has 0 spiro atoms. The Hall–Kier alpha value is -1.92. The molecule has 1 rings (SSSR count). The number of hydrogen-bond acceptors (Lipinski definition) is 5. The summed E-state index contributed by atoms with van der Waals surface area (Å²) in [5.74, 6) is -1.99. The summed E-state index contributed by atoms with van der Waals surface area (Å²) in [4.78, 5) is 51.2. The second-order valence-electron chi connectivity index (χ2n) is 3.95. The zero-order chi connectivity index (χ0) is 13.7. The first-order valence-electron chi connectivity index (χ1n) is 5.76. The Labute approximate surface area is 105 Å². The molecule has 3 amide bonds. The molecule has 0 aromatic carbocycles. The molecule has 18 heavy (non-hydrogen) atoms. The van der Waals surface area contributed by atoms with Gasteiger partial charge in [0.15, 0.2) is 0 Å². The summed E-state index contributed by atoms with van der Waals surface area (Å²) in [6.07, 6.45) is -0.0349.